The van der Waals surface area contributed by atoms with Crippen LogP contribution in [0.5, 0.6) is 0 Å². The van der Waals surface area contributed by atoms with Crippen molar-refractivity contribution >= 4 is 0 Å². The lowest BCUT2D eigenvalue weighted by molar-refractivity contribution is 0.322. The van der Waals surface area contributed by atoms with Gasteiger partial charge < -0.3 is 9.47 Å². The van der Waals surface area contributed by atoms with Gasteiger partial charge in [-0.2, -0.15) is 0 Å². The van der Waals surface area contributed by atoms with Gasteiger partial charge in [0.25, 0.3) is 0 Å². The van der Waals surface area contributed by atoms with Gasteiger partial charge in [0.1, 0.15) is 0 Å². The highest BCUT2D eigenvalue weighted by molar-refractivity contribution is 4.98. The lowest BCUT2D eigenvalue weighted by Crippen LogP contribution is -2.24. The second-order valence-corrected chi connectivity index (χ2v) is 4.45. The molecule has 1 fully saturated rings. The first-order valence-corrected chi connectivity index (χ1v) is 5.39. The summed E-state index contributed by atoms with van der Waals surface area (Å²) >= 11 is 0. The highest BCUT2D eigenvalue weighted by Gasteiger charge is 2.22. The zero-order chi connectivity index (χ0) is 9.97. The van der Waals surface area contributed by atoms with E-state index in [1.165, 1.54) is 25.1 Å². The van der Waals surface area contributed by atoms with Crippen molar-refractivity contribution in [1.29, 1.82) is 0 Å². The Kier molecular flexibility index (Phi) is 2.87. The molecule has 3 heteroatoms. The van der Waals surface area contributed by atoms with Crippen LogP contribution >= 0.6 is 0 Å². The lowest BCUT2D eigenvalue weighted by atomic mass is 10.3. The third kappa shape index (κ3) is 2.58. The summed E-state index contributed by atoms with van der Waals surface area (Å²) in [5.74, 6) is 0.992. The second kappa shape index (κ2) is 4.13. The van der Waals surface area contributed by atoms with E-state index in [0.717, 1.165) is 18.9 Å². The maximum Gasteiger partial charge on any atom is 0.0945 e. The molecule has 0 unspecified atom stereocenters. The van der Waals surface area contributed by atoms with E-state index in [1.54, 1.807) is 0 Å². The van der Waals surface area contributed by atoms with Crippen LogP contribution in [0.2, 0.25) is 0 Å². The number of imidazole rings is 1. The summed E-state index contributed by atoms with van der Waals surface area (Å²) in [5.41, 5.74) is 1.33. The zero-order valence-electron chi connectivity index (χ0n) is 9.11. The van der Waals surface area contributed by atoms with Crippen LogP contribution in [-0.4, -0.2) is 34.6 Å². The molecule has 0 radical (unpaired) electrons. The molecule has 0 aliphatic heterocycles. The molecule has 0 bridgehead atoms. The van der Waals surface area contributed by atoms with Gasteiger partial charge in [-0.1, -0.05) is 0 Å². The molecule has 0 N–H and O–H groups in total. The Hall–Kier alpha value is -0.830. The first-order valence-electron chi connectivity index (χ1n) is 5.39. The summed E-state index contributed by atoms with van der Waals surface area (Å²) in [6, 6.07) is 0. The van der Waals surface area contributed by atoms with Crippen LogP contribution in [0.25, 0.3) is 0 Å². The van der Waals surface area contributed by atoms with Gasteiger partial charge in [-0.05, 0) is 25.8 Å². The van der Waals surface area contributed by atoms with Crippen molar-refractivity contribution in [2.75, 3.05) is 20.1 Å². The molecule has 14 heavy (non-hydrogen) atoms. The number of rotatable bonds is 5. The molecule has 1 saturated carbocycles. The molecule has 0 spiro atoms. The maximum atomic E-state index is 4.12. The van der Waals surface area contributed by atoms with E-state index in [2.05, 4.69) is 28.5 Å². The molecule has 1 aliphatic rings. The highest BCUT2D eigenvalue weighted by atomic mass is 15.1. The van der Waals surface area contributed by atoms with E-state index >= 15 is 0 Å². The van der Waals surface area contributed by atoms with Gasteiger partial charge in [0, 0.05) is 38.4 Å². The fraction of sp³-hybridized carbons (Fsp3) is 0.727. The third-order valence-electron chi connectivity index (χ3n) is 2.93. The standard InChI is InChI=1S/C11H19N3/c1-13(8-10-3-4-10)6-5-11-7-12-9-14(11)2/h7,9-10H,3-6,8H2,1-2H3. The van der Waals surface area contributed by atoms with Crippen LogP contribution in [0.4, 0.5) is 0 Å². The van der Waals surface area contributed by atoms with Gasteiger partial charge >= 0.3 is 0 Å². The Balaban J connectivity index is 1.73. The molecule has 1 aromatic heterocycles. The Morgan fingerprint density at radius 2 is 2.36 bits per heavy atom. The van der Waals surface area contributed by atoms with Gasteiger partial charge in [0.15, 0.2) is 0 Å². The molecular formula is C11H19N3. The first kappa shape index (κ1) is 9.71. The number of hydrogen-bond acceptors (Lipinski definition) is 2. The smallest absolute Gasteiger partial charge is 0.0945 e. The topological polar surface area (TPSA) is 21.1 Å². The van der Waals surface area contributed by atoms with Crippen molar-refractivity contribution < 1.29 is 0 Å². The minimum Gasteiger partial charge on any atom is -0.338 e. The zero-order valence-corrected chi connectivity index (χ0v) is 9.11. The second-order valence-electron chi connectivity index (χ2n) is 4.45. The average molecular weight is 193 g/mol. The summed E-state index contributed by atoms with van der Waals surface area (Å²) in [6.07, 6.45) is 7.83. The summed E-state index contributed by atoms with van der Waals surface area (Å²) in [4.78, 5) is 6.55. The van der Waals surface area contributed by atoms with Crippen LogP contribution in [0.1, 0.15) is 18.5 Å². The van der Waals surface area contributed by atoms with E-state index in [4.69, 9.17) is 0 Å². The predicted octanol–water partition coefficient (Wildman–Crippen LogP) is 1.30. The molecule has 0 atom stereocenters. The van der Waals surface area contributed by atoms with Crippen molar-refractivity contribution in [3.05, 3.63) is 18.2 Å². The lowest BCUT2D eigenvalue weighted by Gasteiger charge is -2.15. The molecule has 1 heterocycles. The van der Waals surface area contributed by atoms with Gasteiger partial charge in [0.2, 0.25) is 0 Å². The third-order valence-corrected chi connectivity index (χ3v) is 2.93. The van der Waals surface area contributed by atoms with Crippen LogP contribution < -0.4 is 0 Å². The molecule has 0 aromatic carbocycles. The highest BCUT2D eigenvalue weighted by Crippen LogP contribution is 2.29. The summed E-state index contributed by atoms with van der Waals surface area (Å²) < 4.78 is 2.10. The molecule has 3 nitrogen and oxygen atoms in total. The average Bonchev–Trinajstić information content (AvgIpc) is 2.86. The number of likely N-dealkylation sites (N-methyl/N-ethyl adjacent to an activating group) is 1. The van der Waals surface area contributed by atoms with Crippen molar-refractivity contribution in [1.82, 2.24) is 14.5 Å². The molecule has 2 rings (SSSR count). The van der Waals surface area contributed by atoms with Crippen LogP contribution in [0.3, 0.4) is 0 Å². The van der Waals surface area contributed by atoms with Crippen molar-refractivity contribution in [3.63, 3.8) is 0 Å². The minimum atomic E-state index is 0.992. The maximum absolute atomic E-state index is 4.12. The Labute approximate surface area is 85.7 Å². The Bertz CT molecular complexity index is 288. The minimum absolute atomic E-state index is 0.992. The number of aromatic nitrogens is 2. The number of hydrogen-bond donors (Lipinski definition) is 0. The van der Waals surface area contributed by atoms with Gasteiger partial charge in [-0.25, -0.2) is 4.98 Å². The molecule has 0 saturated heterocycles. The fourth-order valence-electron chi connectivity index (χ4n) is 1.76. The van der Waals surface area contributed by atoms with E-state index in [1.807, 2.05) is 12.5 Å². The predicted molar refractivity (Wildman–Crippen MR) is 57.1 cm³/mol. The van der Waals surface area contributed by atoms with Gasteiger partial charge in [-0.3, -0.25) is 0 Å². The number of nitrogens with zero attached hydrogens (tertiary/aromatic N) is 3. The summed E-state index contributed by atoms with van der Waals surface area (Å²) in [5, 5.41) is 0. The monoisotopic (exact) mass is 193 g/mol. The number of aryl methyl sites for hydroxylation is 1. The van der Waals surface area contributed by atoms with E-state index in [-0.39, 0.29) is 0 Å². The molecule has 0 amide bonds. The molecular weight excluding hydrogens is 174 g/mol. The summed E-state index contributed by atoms with van der Waals surface area (Å²) in [6.45, 7) is 2.42. The Morgan fingerprint density at radius 3 is 2.93 bits per heavy atom. The van der Waals surface area contributed by atoms with Crippen LogP contribution in [0.15, 0.2) is 12.5 Å². The van der Waals surface area contributed by atoms with Gasteiger partial charge in [0.05, 0.1) is 6.33 Å². The summed E-state index contributed by atoms with van der Waals surface area (Å²) in [7, 11) is 4.28. The van der Waals surface area contributed by atoms with Crippen molar-refractivity contribution in [2.45, 2.75) is 19.3 Å². The Morgan fingerprint density at radius 1 is 1.57 bits per heavy atom. The van der Waals surface area contributed by atoms with Gasteiger partial charge in [-0.15, -0.1) is 0 Å². The van der Waals surface area contributed by atoms with E-state index in [9.17, 15) is 0 Å². The molecule has 78 valence electrons. The van der Waals surface area contributed by atoms with E-state index < -0.39 is 0 Å². The van der Waals surface area contributed by atoms with Crippen molar-refractivity contribution in [2.24, 2.45) is 13.0 Å². The van der Waals surface area contributed by atoms with Crippen LogP contribution in [-0.2, 0) is 13.5 Å². The molecule has 1 aliphatic carbocycles. The SMILES string of the molecule is CN(CCc1cncn1C)CC1CC1. The first-order chi connectivity index (χ1) is 6.75. The van der Waals surface area contributed by atoms with Crippen LogP contribution in [0, 0.1) is 5.92 Å². The normalized spacial score (nSPS) is 16.5. The fourth-order valence-corrected chi connectivity index (χ4v) is 1.76. The largest absolute Gasteiger partial charge is 0.338 e. The molecule has 1 aromatic rings. The quantitative estimate of drug-likeness (QED) is 0.703. The van der Waals surface area contributed by atoms with E-state index in [0.29, 0.717) is 0 Å². The van der Waals surface area contributed by atoms with Crippen molar-refractivity contribution in [3.8, 4) is 0 Å².